The maximum atomic E-state index is 12.3. The Bertz CT molecular complexity index is 982. The van der Waals surface area contributed by atoms with Crippen LogP contribution in [0.25, 0.3) is 0 Å². The number of aromatic nitrogens is 2. The van der Waals surface area contributed by atoms with Gasteiger partial charge in [0.2, 0.25) is 5.95 Å². The van der Waals surface area contributed by atoms with Gasteiger partial charge in [0.1, 0.15) is 0 Å². The fraction of sp³-hybridized carbons (Fsp3) is 0. The summed E-state index contributed by atoms with van der Waals surface area (Å²) in [5.41, 5.74) is 1.96. The summed E-state index contributed by atoms with van der Waals surface area (Å²) in [6.07, 6.45) is 2.79. The van der Waals surface area contributed by atoms with E-state index in [1.807, 2.05) is 6.07 Å². The molecule has 0 bridgehead atoms. The molecule has 0 atom stereocenters. The normalized spacial score (nSPS) is 10.0. The van der Waals surface area contributed by atoms with Crippen molar-refractivity contribution in [2.75, 3.05) is 10.6 Å². The Morgan fingerprint density at radius 1 is 1.04 bits per heavy atom. The number of anilines is 3. The van der Waals surface area contributed by atoms with Crippen LogP contribution in [-0.4, -0.2) is 15.9 Å². The molecule has 3 aromatic rings. The van der Waals surface area contributed by atoms with E-state index < -0.39 is 5.91 Å². The van der Waals surface area contributed by atoms with Crippen LogP contribution in [-0.2, 0) is 0 Å². The number of amides is 1. The van der Waals surface area contributed by atoms with Crippen molar-refractivity contribution in [1.29, 1.82) is 5.26 Å². The minimum absolute atomic E-state index is 0.270. The van der Waals surface area contributed by atoms with Crippen molar-refractivity contribution in [3.05, 3.63) is 76.0 Å². The van der Waals surface area contributed by atoms with E-state index in [2.05, 4.69) is 20.6 Å². The van der Waals surface area contributed by atoms with E-state index in [-0.39, 0.29) is 5.56 Å². The highest BCUT2D eigenvalue weighted by Gasteiger charge is 2.10. The Hall–Kier alpha value is -3.14. The Labute approximate surface area is 159 Å². The molecule has 1 aromatic heterocycles. The van der Waals surface area contributed by atoms with Crippen LogP contribution in [0.1, 0.15) is 15.9 Å². The van der Waals surface area contributed by atoms with Crippen molar-refractivity contribution in [1.82, 2.24) is 9.97 Å². The zero-order valence-corrected chi connectivity index (χ0v) is 14.7. The van der Waals surface area contributed by atoms with Gasteiger partial charge in [-0.2, -0.15) is 5.26 Å². The zero-order valence-electron chi connectivity index (χ0n) is 13.2. The third-order valence-corrected chi connectivity index (χ3v) is 3.93. The van der Waals surface area contributed by atoms with Crippen molar-refractivity contribution >= 4 is 46.4 Å². The van der Waals surface area contributed by atoms with Crippen LogP contribution in [0.3, 0.4) is 0 Å². The molecule has 0 saturated heterocycles. The Kier molecular flexibility index (Phi) is 5.32. The fourth-order valence-corrected chi connectivity index (χ4v) is 2.39. The number of benzene rings is 2. The molecule has 26 heavy (non-hydrogen) atoms. The van der Waals surface area contributed by atoms with Gasteiger partial charge in [0.05, 0.1) is 27.9 Å². The molecule has 3 rings (SSSR count). The standard InChI is InChI=1S/C18H11Cl2N5O/c19-13-3-6-15(20)16(7-13)25-17(26)12-9-22-18(23-10-12)24-14-4-1-11(8-21)2-5-14/h1-7,9-10H,(H,25,26)(H,22,23,24). The van der Waals surface area contributed by atoms with Crippen molar-refractivity contribution in [2.45, 2.75) is 0 Å². The highest BCUT2D eigenvalue weighted by molar-refractivity contribution is 6.35. The molecular weight excluding hydrogens is 373 g/mol. The van der Waals surface area contributed by atoms with Gasteiger partial charge >= 0.3 is 0 Å². The summed E-state index contributed by atoms with van der Waals surface area (Å²) in [5, 5.41) is 15.3. The number of halogens is 2. The van der Waals surface area contributed by atoms with Gasteiger partial charge in [-0.3, -0.25) is 4.79 Å². The van der Waals surface area contributed by atoms with Crippen LogP contribution in [0.15, 0.2) is 54.9 Å². The van der Waals surface area contributed by atoms with Crippen LogP contribution in [0.2, 0.25) is 10.0 Å². The van der Waals surface area contributed by atoms with Gasteiger partial charge in [0.25, 0.3) is 5.91 Å². The molecule has 0 unspecified atom stereocenters. The lowest BCUT2D eigenvalue weighted by Gasteiger charge is -2.08. The van der Waals surface area contributed by atoms with Crippen LogP contribution in [0.4, 0.5) is 17.3 Å². The number of carbonyl (C=O) groups is 1. The molecular formula is C18H11Cl2N5O. The van der Waals surface area contributed by atoms with Gasteiger partial charge in [-0.25, -0.2) is 9.97 Å². The first-order valence-corrected chi connectivity index (χ1v) is 8.16. The quantitative estimate of drug-likeness (QED) is 0.683. The first kappa shape index (κ1) is 17.7. The topological polar surface area (TPSA) is 90.7 Å². The number of rotatable bonds is 4. The van der Waals surface area contributed by atoms with Crippen molar-refractivity contribution in [3.63, 3.8) is 0 Å². The molecule has 0 aliphatic carbocycles. The summed E-state index contributed by atoms with van der Waals surface area (Å²) in [4.78, 5) is 20.5. The fourth-order valence-electron chi connectivity index (χ4n) is 2.05. The second-order valence-electron chi connectivity index (χ2n) is 5.19. The minimum atomic E-state index is -0.404. The average molecular weight is 384 g/mol. The van der Waals surface area contributed by atoms with E-state index in [0.717, 1.165) is 5.69 Å². The second kappa shape index (κ2) is 7.83. The summed E-state index contributed by atoms with van der Waals surface area (Å²) in [6, 6.07) is 13.7. The highest BCUT2D eigenvalue weighted by atomic mass is 35.5. The van der Waals surface area contributed by atoms with E-state index in [9.17, 15) is 4.79 Å². The molecule has 2 aromatic carbocycles. The zero-order chi connectivity index (χ0) is 18.5. The molecule has 0 saturated carbocycles. The SMILES string of the molecule is N#Cc1ccc(Nc2ncc(C(=O)Nc3cc(Cl)ccc3Cl)cn2)cc1. The molecule has 8 heteroatoms. The molecule has 0 spiro atoms. The van der Waals surface area contributed by atoms with E-state index in [0.29, 0.717) is 27.2 Å². The van der Waals surface area contributed by atoms with Gasteiger partial charge in [-0.1, -0.05) is 23.2 Å². The summed E-state index contributed by atoms with van der Waals surface area (Å²) >= 11 is 11.9. The van der Waals surface area contributed by atoms with Crippen molar-refractivity contribution in [2.24, 2.45) is 0 Å². The molecule has 0 radical (unpaired) electrons. The van der Waals surface area contributed by atoms with E-state index in [4.69, 9.17) is 28.5 Å². The Morgan fingerprint density at radius 3 is 2.38 bits per heavy atom. The van der Waals surface area contributed by atoms with Gasteiger partial charge < -0.3 is 10.6 Å². The van der Waals surface area contributed by atoms with E-state index in [1.165, 1.54) is 12.4 Å². The van der Waals surface area contributed by atoms with Gasteiger partial charge in [0, 0.05) is 23.1 Å². The smallest absolute Gasteiger partial charge is 0.258 e. The monoisotopic (exact) mass is 383 g/mol. The lowest BCUT2D eigenvalue weighted by molar-refractivity contribution is 0.102. The van der Waals surface area contributed by atoms with Crippen LogP contribution in [0.5, 0.6) is 0 Å². The highest BCUT2D eigenvalue weighted by Crippen LogP contribution is 2.25. The number of carbonyl (C=O) groups excluding carboxylic acids is 1. The van der Waals surface area contributed by atoms with E-state index in [1.54, 1.807) is 42.5 Å². The molecule has 6 nitrogen and oxygen atoms in total. The molecule has 0 aliphatic rings. The maximum Gasteiger partial charge on any atom is 0.258 e. The predicted molar refractivity (Wildman–Crippen MR) is 101 cm³/mol. The summed E-state index contributed by atoms with van der Waals surface area (Å²) in [5.74, 6) is -0.0777. The summed E-state index contributed by atoms with van der Waals surface area (Å²) < 4.78 is 0. The van der Waals surface area contributed by atoms with Gasteiger partial charge in [0.15, 0.2) is 0 Å². The predicted octanol–water partition coefficient (Wildman–Crippen LogP) is 4.65. The first-order chi connectivity index (χ1) is 12.5. The van der Waals surface area contributed by atoms with Gasteiger partial charge in [-0.15, -0.1) is 0 Å². The number of hydrogen-bond donors (Lipinski definition) is 2. The lowest BCUT2D eigenvalue weighted by atomic mass is 10.2. The number of hydrogen-bond acceptors (Lipinski definition) is 5. The molecule has 2 N–H and O–H groups in total. The number of nitrogens with zero attached hydrogens (tertiary/aromatic N) is 3. The van der Waals surface area contributed by atoms with Crippen molar-refractivity contribution < 1.29 is 4.79 Å². The summed E-state index contributed by atoms with van der Waals surface area (Å²) in [7, 11) is 0. The molecule has 0 fully saturated rings. The lowest BCUT2D eigenvalue weighted by Crippen LogP contribution is -2.13. The largest absolute Gasteiger partial charge is 0.324 e. The third-order valence-electron chi connectivity index (χ3n) is 3.36. The number of nitriles is 1. The van der Waals surface area contributed by atoms with Crippen molar-refractivity contribution in [3.8, 4) is 6.07 Å². The van der Waals surface area contributed by atoms with E-state index >= 15 is 0 Å². The Balaban J connectivity index is 1.69. The maximum absolute atomic E-state index is 12.3. The van der Waals surface area contributed by atoms with Crippen LogP contribution < -0.4 is 10.6 Å². The molecule has 1 amide bonds. The average Bonchev–Trinajstić information content (AvgIpc) is 2.66. The molecule has 0 aliphatic heterocycles. The van der Waals surface area contributed by atoms with Crippen LogP contribution in [0, 0.1) is 11.3 Å². The van der Waals surface area contributed by atoms with Crippen LogP contribution >= 0.6 is 23.2 Å². The second-order valence-corrected chi connectivity index (χ2v) is 6.03. The molecule has 1 heterocycles. The van der Waals surface area contributed by atoms with Gasteiger partial charge in [-0.05, 0) is 42.5 Å². The Morgan fingerprint density at radius 2 is 1.73 bits per heavy atom. The minimum Gasteiger partial charge on any atom is -0.324 e. The number of nitrogens with one attached hydrogen (secondary N) is 2. The molecule has 128 valence electrons. The third kappa shape index (κ3) is 4.28. The first-order valence-electron chi connectivity index (χ1n) is 7.41. The summed E-state index contributed by atoms with van der Waals surface area (Å²) in [6.45, 7) is 0.